The molecule has 3 nitrogen and oxygen atoms in total. The SMILES string of the molecule is CC(NC(=O)NCCF)c1ccccc1. The summed E-state index contributed by atoms with van der Waals surface area (Å²) in [4.78, 5) is 11.2. The van der Waals surface area contributed by atoms with Gasteiger partial charge in [0.25, 0.3) is 0 Å². The number of urea groups is 1. The molecule has 0 aliphatic carbocycles. The van der Waals surface area contributed by atoms with E-state index in [2.05, 4.69) is 10.6 Å². The number of rotatable bonds is 4. The van der Waals surface area contributed by atoms with Crippen molar-refractivity contribution in [3.63, 3.8) is 0 Å². The maximum absolute atomic E-state index is 11.8. The predicted molar refractivity (Wildman–Crippen MR) is 57.4 cm³/mol. The zero-order chi connectivity index (χ0) is 11.1. The van der Waals surface area contributed by atoms with Crippen LogP contribution in [-0.4, -0.2) is 19.3 Å². The van der Waals surface area contributed by atoms with Crippen molar-refractivity contribution in [2.24, 2.45) is 0 Å². The molecule has 0 aliphatic heterocycles. The fourth-order valence-corrected chi connectivity index (χ4v) is 1.23. The van der Waals surface area contributed by atoms with E-state index in [1.165, 1.54) is 0 Å². The van der Waals surface area contributed by atoms with Crippen molar-refractivity contribution < 1.29 is 9.18 Å². The number of hydrogen-bond acceptors (Lipinski definition) is 1. The van der Waals surface area contributed by atoms with Gasteiger partial charge < -0.3 is 10.6 Å². The smallest absolute Gasteiger partial charge is 0.315 e. The van der Waals surface area contributed by atoms with Crippen LogP contribution < -0.4 is 10.6 Å². The molecule has 0 fully saturated rings. The molecule has 4 heteroatoms. The molecular weight excluding hydrogens is 195 g/mol. The van der Waals surface area contributed by atoms with Gasteiger partial charge in [-0.15, -0.1) is 0 Å². The first-order valence-corrected chi connectivity index (χ1v) is 4.89. The van der Waals surface area contributed by atoms with Crippen molar-refractivity contribution in [2.75, 3.05) is 13.2 Å². The summed E-state index contributed by atoms with van der Waals surface area (Å²) in [5, 5.41) is 5.12. The van der Waals surface area contributed by atoms with Gasteiger partial charge in [0.1, 0.15) is 6.67 Å². The van der Waals surface area contributed by atoms with Crippen LogP contribution >= 0.6 is 0 Å². The highest BCUT2D eigenvalue weighted by Crippen LogP contribution is 2.10. The predicted octanol–water partition coefficient (Wildman–Crippen LogP) is 2.02. The molecule has 0 bridgehead atoms. The number of benzene rings is 1. The summed E-state index contributed by atoms with van der Waals surface area (Å²) in [5.74, 6) is 0. The van der Waals surface area contributed by atoms with Gasteiger partial charge in [0, 0.05) is 6.54 Å². The molecule has 0 spiro atoms. The van der Waals surface area contributed by atoms with Gasteiger partial charge in [0.05, 0.1) is 6.04 Å². The van der Waals surface area contributed by atoms with Crippen LogP contribution in [0.4, 0.5) is 9.18 Å². The molecule has 0 saturated heterocycles. The second-order valence-corrected chi connectivity index (χ2v) is 3.22. The molecule has 2 amide bonds. The van der Waals surface area contributed by atoms with Crippen LogP contribution in [0.1, 0.15) is 18.5 Å². The van der Waals surface area contributed by atoms with Crippen LogP contribution in [0.25, 0.3) is 0 Å². The number of carbonyl (C=O) groups is 1. The highest BCUT2D eigenvalue weighted by Gasteiger charge is 2.07. The van der Waals surface area contributed by atoms with E-state index in [4.69, 9.17) is 0 Å². The molecule has 0 aliphatic rings. The minimum Gasteiger partial charge on any atom is -0.336 e. The molecule has 2 N–H and O–H groups in total. The van der Waals surface area contributed by atoms with Gasteiger partial charge in [0.15, 0.2) is 0 Å². The maximum Gasteiger partial charge on any atom is 0.315 e. The van der Waals surface area contributed by atoms with Gasteiger partial charge in [-0.1, -0.05) is 30.3 Å². The summed E-state index contributed by atoms with van der Waals surface area (Å²) in [6.07, 6.45) is 0. The maximum atomic E-state index is 11.8. The first kappa shape index (κ1) is 11.5. The Morgan fingerprint density at radius 3 is 2.67 bits per heavy atom. The number of halogens is 1. The van der Waals surface area contributed by atoms with Crippen molar-refractivity contribution in [3.05, 3.63) is 35.9 Å². The Labute approximate surface area is 88.7 Å². The van der Waals surface area contributed by atoms with Gasteiger partial charge in [-0.05, 0) is 12.5 Å². The van der Waals surface area contributed by atoms with Crippen molar-refractivity contribution in [2.45, 2.75) is 13.0 Å². The van der Waals surface area contributed by atoms with Crippen LogP contribution in [0.3, 0.4) is 0 Å². The highest BCUT2D eigenvalue weighted by molar-refractivity contribution is 5.74. The first-order valence-electron chi connectivity index (χ1n) is 4.89. The molecule has 1 rings (SSSR count). The Morgan fingerprint density at radius 1 is 1.40 bits per heavy atom. The van der Waals surface area contributed by atoms with Gasteiger partial charge in [-0.25, -0.2) is 9.18 Å². The average molecular weight is 210 g/mol. The van der Waals surface area contributed by atoms with E-state index in [0.717, 1.165) is 5.56 Å². The summed E-state index contributed by atoms with van der Waals surface area (Å²) in [6, 6.07) is 9.18. The van der Waals surface area contributed by atoms with E-state index in [0.29, 0.717) is 0 Å². The van der Waals surface area contributed by atoms with E-state index in [9.17, 15) is 9.18 Å². The van der Waals surface area contributed by atoms with E-state index in [-0.39, 0.29) is 18.6 Å². The normalized spacial score (nSPS) is 11.9. The van der Waals surface area contributed by atoms with E-state index in [1.807, 2.05) is 37.3 Å². The number of amides is 2. The van der Waals surface area contributed by atoms with Crippen LogP contribution in [0.15, 0.2) is 30.3 Å². The molecule has 0 aromatic heterocycles. The fourth-order valence-electron chi connectivity index (χ4n) is 1.23. The molecule has 0 saturated carbocycles. The Balaban J connectivity index is 2.42. The molecule has 1 aromatic rings. The number of carbonyl (C=O) groups excluding carboxylic acids is 1. The largest absolute Gasteiger partial charge is 0.336 e. The molecule has 1 atom stereocenters. The van der Waals surface area contributed by atoms with Crippen LogP contribution in [0.2, 0.25) is 0 Å². The van der Waals surface area contributed by atoms with Crippen LogP contribution in [0, 0.1) is 0 Å². The highest BCUT2D eigenvalue weighted by atomic mass is 19.1. The van der Waals surface area contributed by atoms with Gasteiger partial charge in [-0.3, -0.25) is 0 Å². The minimum atomic E-state index is -0.548. The molecule has 82 valence electrons. The fraction of sp³-hybridized carbons (Fsp3) is 0.364. The lowest BCUT2D eigenvalue weighted by Gasteiger charge is -2.14. The minimum absolute atomic E-state index is 0.0490. The van der Waals surface area contributed by atoms with E-state index in [1.54, 1.807) is 0 Å². The lowest BCUT2D eigenvalue weighted by Crippen LogP contribution is -2.37. The molecule has 1 unspecified atom stereocenters. The summed E-state index contributed by atoms with van der Waals surface area (Å²) < 4.78 is 11.8. The van der Waals surface area contributed by atoms with Crippen molar-refractivity contribution >= 4 is 6.03 Å². The summed E-state index contributed by atoms with van der Waals surface area (Å²) in [5.41, 5.74) is 1.02. The zero-order valence-electron chi connectivity index (χ0n) is 8.66. The zero-order valence-corrected chi connectivity index (χ0v) is 8.66. The topological polar surface area (TPSA) is 41.1 Å². The van der Waals surface area contributed by atoms with Crippen LogP contribution in [-0.2, 0) is 0 Å². The Bertz CT molecular complexity index is 303. The third kappa shape index (κ3) is 3.97. The summed E-state index contributed by atoms with van der Waals surface area (Å²) in [6.45, 7) is 1.38. The molecule has 15 heavy (non-hydrogen) atoms. The first-order chi connectivity index (χ1) is 7.24. The Morgan fingerprint density at radius 2 is 2.07 bits per heavy atom. The second kappa shape index (κ2) is 6.01. The second-order valence-electron chi connectivity index (χ2n) is 3.22. The van der Waals surface area contributed by atoms with Gasteiger partial charge in [-0.2, -0.15) is 0 Å². The Hall–Kier alpha value is -1.58. The van der Waals surface area contributed by atoms with Gasteiger partial charge in [0.2, 0.25) is 0 Å². The quantitative estimate of drug-likeness (QED) is 0.784. The average Bonchev–Trinajstić information content (AvgIpc) is 2.27. The van der Waals surface area contributed by atoms with E-state index < -0.39 is 6.67 Å². The van der Waals surface area contributed by atoms with Gasteiger partial charge >= 0.3 is 6.03 Å². The third-order valence-corrected chi connectivity index (χ3v) is 2.03. The monoisotopic (exact) mass is 210 g/mol. The number of hydrogen-bond donors (Lipinski definition) is 2. The molecular formula is C11H15FN2O. The lowest BCUT2D eigenvalue weighted by molar-refractivity contribution is 0.237. The molecule has 1 aromatic carbocycles. The summed E-state index contributed by atoms with van der Waals surface area (Å²) in [7, 11) is 0. The third-order valence-electron chi connectivity index (χ3n) is 2.03. The lowest BCUT2D eigenvalue weighted by atomic mass is 10.1. The van der Waals surface area contributed by atoms with Crippen molar-refractivity contribution in [1.29, 1.82) is 0 Å². The van der Waals surface area contributed by atoms with Crippen molar-refractivity contribution in [3.8, 4) is 0 Å². The number of nitrogens with one attached hydrogen (secondary N) is 2. The Kier molecular flexibility index (Phi) is 4.60. The summed E-state index contributed by atoms with van der Waals surface area (Å²) >= 11 is 0. The molecule has 0 heterocycles. The standard InChI is InChI=1S/C11H15FN2O/c1-9(10-5-3-2-4-6-10)14-11(15)13-8-7-12/h2-6,9H,7-8H2,1H3,(H2,13,14,15). The van der Waals surface area contributed by atoms with Crippen LogP contribution in [0.5, 0.6) is 0 Å². The number of alkyl halides is 1. The van der Waals surface area contributed by atoms with E-state index >= 15 is 0 Å². The van der Waals surface area contributed by atoms with Crippen molar-refractivity contribution in [1.82, 2.24) is 10.6 Å². The molecule has 0 radical (unpaired) electrons.